The van der Waals surface area contributed by atoms with E-state index in [0.717, 1.165) is 23.6 Å². The van der Waals surface area contributed by atoms with E-state index in [1.54, 1.807) is 0 Å². The predicted octanol–water partition coefficient (Wildman–Crippen LogP) is 1.49. The molecule has 2 aromatic carbocycles. The Hall–Kier alpha value is -2.37. The van der Waals surface area contributed by atoms with E-state index < -0.39 is 0 Å². The highest BCUT2D eigenvalue weighted by Gasteiger charge is 2.37. The van der Waals surface area contributed by atoms with Gasteiger partial charge in [0.1, 0.15) is 11.9 Å². The number of nitrogens with zero attached hydrogens (tertiary/aromatic N) is 1. The average molecular weight is 294 g/mol. The Morgan fingerprint density at radius 3 is 2.45 bits per heavy atom. The fourth-order valence-corrected chi connectivity index (χ4v) is 2.89. The lowest BCUT2D eigenvalue weighted by molar-refractivity contribution is 0.0722. The third-order valence-electron chi connectivity index (χ3n) is 4.00. The number of hydrogen-bond acceptors (Lipinski definition) is 5. The van der Waals surface area contributed by atoms with Crippen molar-refractivity contribution in [2.24, 2.45) is 11.0 Å². The van der Waals surface area contributed by atoms with E-state index in [2.05, 4.69) is 33.3 Å². The smallest absolute Gasteiger partial charge is 0.208 e. The van der Waals surface area contributed by atoms with Gasteiger partial charge in [-0.05, 0) is 17.7 Å². The summed E-state index contributed by atoms with van der Waals surface area (Å²) in [5.74, 6) is 1.13. The highest BCUT2D eigenvalue weighted by Crippen LogP contribution is 2.21. The van der Waals surface area contributed by atoms with Crippen molar-refractivity contribution in [3.05, 3.63) is 66.2 Å². The summed E-state index contributed by atoms with van der Waals surface area (Å²) in [4.78, 5) is 0. The first kappa shape index (κ1) is 13.3. The van der Waals surface area contributed by atoms with E-state index in [4.69, 9.17) is 4.74 Å². The Morgan fingerprint density at radius 1 is 0.955 bits per heavy atom. The topological polar surface area (TPSA) is 57.7 Å². The van der Waals surface area contributed by atoms with E-state index in [-0.39, 0.29) is 18.4 Å². The van der Waals surface area contributed by atoms with Gasteiger partial charge in [0.05, 0.1) is 11.6 Å². The van der Waals surface area contributed by atoms with Crippen molar-refractivity contribution in [3.63, 3.8) is 0 Å². The first-order chi connectivity index (χ1) is 10.9. The third kappa shape index (κ3) is 2.56. The predicted molar refractivity (Wildman–Crippen MR) is 85.4 cm³/mol. The molecule has 5 nitrogen and oxygen atoms in total. The van der Waals surface area contributed by atoms with Crippen LogP contribution in [0.3, 0.4) is 0 Å². The molecule has 22 heavy (non-hydrogen) atoms. The normalized spacial score (nSPS) is 26.7. The monoisotopic (exact) mass is 294 g/mol. The minimum Gasteiger partial charge on any atom is -0.462 e. The van der Waals surface area contributed by atoms with E-state index in [9.17, 15) is 0 Å². The van der Waals surface area contributed by atoms with Crippen molar-refractivity contribution in [2.45, 2.75) is 12.5 Å². The van der Waals surface area contributed by atoms with Gasteiger partial charge in [-0.2, -0.15) is 5.10 Å². The van der Waals surface area contributed by atoms with Gasteiger partial charge in [-0.15, -0.1) is 0 Å². The van der Waals surface area contributed by atoms with Gasteiger partial charge in [0.2, 0.25) is 6.35 Å². The number of nitrogens with one attached hydrogen (secondary N) is 3. The maximum absolute atomic E-state index is 5.89. The second-order valence-electron chi connectivity index (χ2n) is 5.46. The standard InChI is InChI=1S/C17H18N4O/c1-3-7-12(8-4-1)15-14-11-18-17(19-16(14)21-20-15)22-13-9-5-2-6-10-13/h1-10,14,16-19,21H,11H2. The Bertz CT molecular complexity index is 659. The number of hydrazone groups is 1. The van der Waals surface area contributed by atoms with Crippen molar-refractivity contribution < 1.29 is 4.74 Å². The Morgan fingerprint density at radius 2 is 1.68 bits per heavy atom. The van der Waals surface area contributed by atoms with E-state index in [1.165, 1.54) is 0 Å². The molecule has 4 rings (SSSR count). The van der Waals surface area contributed by atoms with Crippen LogP contribution in [0.5, 0.6) is 5.75 Å². The summed E-state index contributed by atoms with van der Waals surface area (Å²) in [5.41, 5.74) is 5.43. The molecule has 3 N–H and O–H groups in total. The summed E-state index contributed by atoms with van der Waals surface area (Å²) in [6.07, 6.45) is -0.133. The van der Waals surface area contributed by atoms with Crippen molar-refractivity contribution in [2.75, 3.05) is 6.54 Å². The average Bonchev–Trinajstić information content (AvgIpc) is 3.00. The van der Waals surface area contributed by atoms with Gasteiger partial charge in [0.25, 0.3) is 0 Å². The van der Waals surface area contributed by atoms with Gasteiger partial charge >= 0.3 is 0 Å². The van der Waals surface area contributed by atoms with E-state index in [0.29, 0.717) is 0 Å². The quantitative estimate of drug-likeness (QED) is 0.803. The minimum absolute atomic E-state index is 0.0881. The van der Waals surface area contributed by atoms with Crippen LogP contribution in [-0.2, 0) is 0 Å². The fourth-order valence-electron chi connectivity index (χ4n) is 2.89. The molecule has 3 atom stereocenters. The zero-order valence-electron chi connectivity index (χ0n) is 12.1. The molecular formula is C17H18N4O. The summed E-state index contributed by atoms with van der Waals surface area (Å²) in [7, 11) is 0. The summed E-state index contributed by atoms with van der Waals surface area (Å²) in [5, 5.41) is 11.3. The molecule has 2 aliphatic heterocycles. The number of para-hydroxylation sites is 1. The molecule has 3 unspecified atom stereocenters. The number of rotatable bonds is 3. The zero-order valence-corrected chi connectivity index (χ0v) is 12.1. The second kappa shape index (κ2) is 5.79. The number of fused-ring (bicyclic) bond motifs is 1. The third-order valence-corrected chi connectivity index (χ3v) is 4.00. The molecule has 0 bridgehead atoms. The van der Waals surface area contributed by atoms with Gasteiger partial charge < -0.3 is 4.74 Å². The van der Waals surface area contributed by atoms with Crippen LogP contribution in [0.25, 0.3) is 0 Å². The summed E-state index contributed by atoms with van der Waals surface area (Å²) < 4.78 is 5.89. The molecule has 112 valence electrons. The number of ether oxygens (including phenoxy) is 1. The molecule has 2 aliphatic rings. The lowest BCUT2D eigenvalue weighted by Crippen LogP contribution is -2.63. The second-order valence-corrected chi connectivity index (χ2v) is 5.46. The Kier molecular flexibility index (Phi) is 3.50. The van der Waals surface area contributed by atoms with E-state index >= 15 is 0 Å². The molecule has 1 saturated heterocycles. The Labute approximate surface area is 129 Å². The largest absolute Gasteiger partial charge is 0.462 e. The van der Waals surface area contributed by atoms with E-state index in [1.807, 2.05) is 48.5 Å². The van der Waals surface area contributed by atoms with Crippen molar-refractivity contribution >= 4 is 5.71 Å². The molecule has 0 amide bonds. The maximum atomic E-state index is 5.89. The van der Waals surface area contributed by atoms with Crippen LogP contribution in [0.4, 0.5) is 0 Å². The van der Waals surface area contributed by atoms with Crippen molar-refractivity contribution in [3.8, 4) is 5.75 Å². The van der Waals surface area contributed by atoms with Crippen LogP contribution in [0, 0.1) is 5.92 Å². The summed E-state index contributed by atoms with van der Waals surface area (Å²) >= 11 is 0. The number of benzene rings is 2. The first-order valence-electron chi connectivity index (χ1n) is 7.50. The SMILES string of the molecule is c1ccc(OC2NCC3C(c4ccccc4)=NNC3N2)cc1. The first-order valence-corrected chi connectivity index (χ1v) is 7.50. The van der Waals surface area contributed by atoms with Crippen LogP contribution >= 0.6 is 0 Å². The molecule has 0 saturated carbocycles. The van der Waals surface area contributed by atoms with Gasteiger partial charge in [-0.1, -0.05) is 48.5 Å². The molecule has 0 radical (unpaired) electrons. The lowest BCUT2D eigenvalue weighted by atomic mass is 9.94. The van der Waals surface area contributed by atoms with Crippen LogP contribution in [0.1, 0.15) is 5.56 Å². The molecule has 0 aliphatic carbocycles. The molecule has 5 heteroatoms. The van der Waals surface area contributed by atoms with Crippen molar-refractivity contribution in [1.29, 1.82) is 0 Å². The van der Waals surface area contributed by atoms with Crippen LogP contribution < -0.4 is 20.8 Å². The maximum Gasteiger partial charge on any atom is 0.208 e. The van der Waals surface area contributed by atoms with Crippen molar-refractivity contribution in [1.82, 2.24) is 16.1 Å². The summed E-state index contributed by atoms with van der Waals surface area (Å²) in [6.45, 7) is 0.815. The number of hydrogen-bond donors (Lipinski definition) is 3. The minimum atomic E-state index is -0.221. The highest BCUT2D eigenvalue weighted by molar-refractivity contribution is 6.03. The van der Waals surface area contributed by atoms with Gasteiger partial charge in [0, 0.05) is 6.54 Å². The van der Waals surface area contributed by atoms with Crippen LogP contribution in [-0.4, -0.2) is 24.8 Å². The summed E-state index contributed by atoms with van der Waals surface area (Å²) in [6, 6.07) is 20.1. The molecule has 0 spiro atoms. The van der Waals surface area contributed by atoms with Gasteiger partial charge in [-0.3, -0.25) is 10.7 Å². The molecular weight excluding hydrogens is 276 g/mol. The molecule has 0 aromatic heterocycles. The molecule has 1 fully saturated rings. The zero-order chi connectivity index (χ0) is 14.8. The fraction of sp³-hybridized carbons (Fsp3) is 0.235. The Balaban J connectivity index is 1.43. The molecule has 2 heterocycles. The molecule has 2 aromatic rings. The van der Waals surface area contributed by atoms with Gasteiger partial charge in [0.15, 0.2) is 0 Å². The van der Waals surface area contributed by atoms with Crippen LogP contribution in [0.2, 0.25) is 0 Å². The highest BCUT2D eigenvalue weighted by atomic mass is 16.5. The lowest BCUT2D eigenvalue weighted by Gasteiger charge is -2.34. The van der Waals surface area contributed by atoms with Gasteiger partial charge in [-0.25, -0.2) is 5.32 Å². The van der Waals surface area contributed by atoms with Crippen LogP contribution in [0.15, 0.2) is 65.8 Å².